The summed E-state index contributed by atoms with van der Waals surface area (Å²) in [5, 5.41) is 0. The molecule has 1 heterocycles. The number of nitrogens with two attached hydrogens (primary N) is 1. The Morgan fingerprint density at radius 2 is 2.19 bits per heavy atom. The van der Waals surface area contributed by atoms with Gasteiger partial charge in [-0.3, -0.25) is 0 Å². The van der Waals surface area contributed by atoms with E-state index in [1.165, 1.54) is 0 Å². The molecule has 0 bridgehead atoms. The highest BCUT2D eigenvalue weighted by Gasteiger charge is 2.11. The molecule has 1 unspecified atom stereocenters. The smallest absolute Gasteiger partial charge is 0.129 e. The number of hydrogen-bond acceptors (Lipinski definition) is 4. The predicted molar refractivity (Wildman–Crippen MR) is 73.1 cm³/mol. The van der Waals surface area contributed by atoms with Crippen LogP contribution in [0.25, 0.3) is 0 Å². The van der Waals surface area contributed by atoms with Gasteiger partial charge in [0.1, 0.15) is 5.82 Å². The van der Waals surface area contributed by atoms with Crippen LogP contribution < -0.4 is 10.6 Å². The Morgan fingerprint density at radius 3 is 2.75 bits per heavy atom. The van der Waals surface area contributed by atoms with Crippen molar-refractivity contribution in [2.75, 3.05) is 24.0 Å². The number of aryl methyl sites for hydroxylation is 1. The maximum atomic E-state index is 5.67. The third-order valence-electron chi connectivity index (χ3n) is 2.67. The van der Waals surface area contributed by atoms with Crippen LogP contribution in [-0.2, 0) is 6.54 Å². The summed E-state index contributed by atoms with van der Waals surface area (Å²) in [6, 6.07) is 4.59. The summed E-state index contributed by atoms with van der Waals surface area (Å²) in [6.45, 7) is 4.79. The highest BCUT2D eigenvalue weighted by molar-refractivity contribution is 7.98. The average Bonchev–Trinajstić information content (AvgIpc) is 2.27. The number of thioether (sulfide) groups is 1. The van der Waals surface area contributed by atoms with Crippen molar-refractivity contribution >= 4 is 17.6 Å². The SMILES string of the molecule is CSCC(C)N(C)c1cc(CN)cc(C)n1. The fourth-order valence-corrected chi connectivity index (χ4v) is 2.30. The topological polar surface area (TPSA) is 42.1 Å². The molecule has 2 N–H and O–H groups in total. The van der Waals surface area contributed by atoms with Crippen LogP contribution in [0.15, 0.2) is 12.1 Å². The summed E-state index contributed by atoms with van der Waals surface area (Å²) in [4.78, 5) is 6.76. The molecule has 0 saturated heterocycles. The Balaban J connectivity index is 2.89. The van der Waals surface area contributed by atoms with Crippen LogP contribution in [0.5, 0.6) is 0 Å². The number of hydrogen-bond donors (Lipinski definition) is 1. The minimum absolute atomic E-state index is 0.481. The number of nitrogens with zero attached hydrogens (tertiary/aromatic N) is 2. The van der Waals surface area contributed by atoms with Gasteiger partial charge in [-0.2, -0.15) is 11.8 Å². The third-order valence-corrected chi connectivity index (χ3v) is 3.48. The first-order valence-electron chi connectivity index (χ1n) is 5.48. The molecule has 4 heteroatoms. The maximum Gasteiger partial charge on any atom is 0.129 e. The van der Waals surface area contributed by atoms with Crippen molar-refractivity contribution in [2.24, 2.45) is 5.73 Å². The zero-order chi connectivity index (χ0) is 12.1. The lowest BCUT2D eigenvalue weighted by molar-refractivity contribution is 0.750. The number of aromatic nitrogens is 1. The standard InChI is InChI=1S/C12H21N3S/c1-9-5-11(7-13)6-12(14-9)15(3)10(2)8-16-4/h5-6,10H,7-8,13H2,1-4H3. The summed E-state index contributed by atoms with van der Waals surface area (Å²) in [6.07, 6.45) is 2.12. The van der Waals surface area contributed by atoms with Crippen molar-refractivity contribution in [3.63, 3.8) is 0 Å². The molecule has 3 nitrogen and oxygen atoms in total. The van der Waals surface area contributed by atoms with E-state index < -0.39 is 0 Å². The fraction of sp³-hybridized carbons (Fsp3) is 0.583. The lowest BCUT2D eigenvalue weighted by atomic mass is 10.2. The molecule has 0 aliphatic rings. The fourth-order valence-electron chi connectivity index (χ4n) is 1.60. The molecular weight excluding hydrogens is 218 g/mol. The van der Waals surface area contributed by atoms with Crippen LogP contribution in [0.2, 0.25) is 0 Å². The summed E-state index contributed by atoms with van der Waals surface area (Å²) in [7, 11) is 2.09. The van der Waals surface area contributed by atoms with Gasteiger partial charge in [0.2, 0.25) is 0 Å². The molecule has 0 aliphatic carbocycles. The molecule has 1 aromatic heterocycles. The normalized spacial score (nSPS) is 12.6. The van der Waals surface area contributed by atoms with E-state index in [4.69, 9.17) is 5.73 Å². The van der Waals surface area contributed by atoms with E-state index in [9.17, 15) is 0 Å². The molecule has 0 amide bonds. The Bertz CT molecular complexity index is 341. The number of anilines is 1. The minimum atomic E-state index is 0.481. The quantitative estimate of drug-likeness (QED) is 0.854. The van der Waals surface area contributed by atoms with Crippen LogP contribution in [0, 0.1) is 6.92 Å². The molecule has 16 heavy (non-hydrogen) atoms. The zero-order valence-electron chi connectivity index (χ0n) is 10.5. The van der Waals surface area contributed by atoms with Gasteiger partial charge in [0.05, 0.1) is 0 Å². The first-order valence-corrected chi connectivity index (χ1v) is 6.87. The summed E-state index contributed by atoms with van der Waals surface area (Å²) in [5.74, 6) is 2.12. The molecule has 0 aliphatic heterocycles. The maximum absolute atomic E-state index is 5.67. The van der Waals surface area contributed by atoms with Gasteiger partial charge in [-0.25, -0.2) is 4.98 Å². The van der Waals surface area contributed by atoms with Crippen molar-refractivity contribution in [1.82, 2.24) is 4.98 Å². The second-order valence-corrected chi connectivity index (χ2v) is 5.01. The van der Waals surface area contributed by atoms with Gasteiger partial charge >= 0.3 is 0 Å². The first kappa shape index (κ1) is 13.3. The molecular formula is C12H21N3S. The van der Waals surface area contributed by atoms with Crippen molar-refractivity contribution in [1.29, 1.82) is 0 Å². The summed E-state index contributed by atoms with van der Waals surface area (Å²) in [5.41, 5.74) is 7.85. The van der Waals surface area contributed by atoms with Crippen LogP contribution in [-0.4, -0.2) is 30.1 Å². The van der Waals surface area contributed by atoms with Gasteiger partial charge < -0.3 is 10.6 Å². The lowest BCUT2D eigenvalue weighted by Gasteiger charge is -2.26. The van der Waals surface area contributed by atoms with Crippen LogP contribution in [0.3, 0.4) is 0 Å². The van der Waals surface area contributed by atoms with E-state index in [1.54, 1.807) is 0 Å². The lowest BCUT2D eigenvalue weighted by Crippen LogP contribution is -2.31. The molecule has 1 aromatic rings. The zero-order valence-corrected chi connectivity index (χ0v) is 11.3. The average molecular weight is 239 g/mol. The Labute approximate surface area is 102 Å². The molecule has 90 valence electrons. The van der Waals surface area contributed by atoms with Gasteiger partial charge in [-0.15, -0.1) is 0 Å². The van der Waals surface area contributed by atoms with Gasteiger partial charge in [0, 0.05) is 31.1 Å². The van der Waals surface area contributed by atoms with Gasteiger partial charge in [0.25, 0.3) is 0 Å². The van der Waals surface area contributed by atoms with Gasteiger partial charge in [-0.1, -0.05) is 0 Å². The number of rotatable bonds is 5. The number of pyridine rings is 1. The van der Waals surface area contributed by atoms with E-state index in [0.29, 0.717) is 12.6 Å². The van der Waals surface area contributed by atoms with Gasteiger partial charge in [0.15, 0.2) is 0 Å². The molecule has 0 fully saturated rings. The molecule has 0 saturated carbocycles. The van der Waals surface area contributed by atoms with E-state index >= 15 is 0 Å². The monoisotopic (exact) mass is 239 g/mol. The van der Waals surface area contributed by atoms with E-state index in [-0.39, 0.29) is 0 Å². The summed E-state index contributed by atoms with van der Waals surface area (Å²) < 4.78 is 0. The van der Waals surface area contributed by atoms with E-state index in [2.05, 4.69) is 36.2 Å². The van der Waals surface area contributed by atoms with Crippen LogP contribution in [0.1, 0.15) is 18.2 Å². The Hall–Kier alpha value is -0.740. The highest BCUT2D eigenvalue weighted by Crippen LogP contribution is 2.17. The van der Waals surface area contributed by atoms with Crippen molar-refractivity contribution < 1.29 is 0 Å². The largest absolute Gasteiger partial charge is 0.356 e. The van der Waals surface area contributed by atoms with E-state index in [1.807, 2.05) is 24.8 Å². The molecule has 0 spiro atoms. The third kappa shape index (κ3) is 3.39. The van der Waals surface area contributed by atoms with Crippen molar-refractivity contribution in [3.8, 4) is 0 Å². The van der Waals surface area contributed by atoms with Crippen molar-refractivity contribution in [3.05, 3.63) is 23.4 Å². The van der Waals surface area contributed by atoms with E-state index in [0.717, 1.165) is 22.8 Å². The Kier molecular flexibility index (Phi) is 5.09. The highest BCUT2D eigenvalue weighted by atomic mass is 32.2. The second-order valence-electron chi connectivity index (χ2n) is 4.09. The molecule has 0 radical (unpaired) electrons. The first-order chi connectivity index (χ1) is 7.58. The molecule has 1 rings (SSSR count). The van der Waals surface area contributed by atoms with Crippen molar-refractivity contribution in [2.45, 2.75) is 26.4 Å². The minimum Gasteiger partial charge on any atom is -0.356 e. The van der Waals surface area contributed by atoms with Gasteiger partial charge in [-0.05, 0) is 37.8 Å². The molecule has 0 aromatic carbocycles. The summed E-state index contributed by atoms with van der Waals surface area (Å²) >= 11 is 1.85. The second kappa shape index (κ2) is 6.11. The predicted octanol–water partition coefficient (Wildman–Crippen LogP) is 2.04. The van der Waals surface area contributed by atoms with Crippen LogP contribution >= 0.6 is 11.8 Å². The molecule has 1 atom stereocenters. The Morgan fingerprint density at radius 1 is 1.50 bits per heavy atom. The van der Waals surface area contributed by atoms with Crippen LogP contribution in [0.4, 0.5) is 5.82 Å².